The number of rotatable bonds is 2. The molecule has 0 bridgehead atoms. The molecule has 2 spiro atoms. The van der Waals surface area contributed by atoms with Gasteiger partial charge >= 0.3 is 0 Å². The maximum atomic E-state index is 12.0. The first-order valence-electron chi connectivity index (χ1n) is 7.64. The third-order valence-electron chi connectivity index (χ3n) is 5.21. The van der Waals surface area contributed by atoms with Crippen molar-refractivity contribution in [2.75, 3.05) is 13.2 Å². The van der Waals surface area contributed by atoms with Crippen molar-refractivity contribution >= 4 is 11.7 Å². The first-order valence-corrected chi connectivity index (χ1v) is 7.64. The Kier molecular flexibility index (Phi) is 3.53. The summed E-state index contributed by atoms with van der Waals surface area (Å²) in [5.74, 6) is -2.33. The van der Waals surface area contributed by atoms with Gasteiger partial charge in [0.25, 0.3) is 5.91 Å². The molecule has 0 unspecified atom stereocenters. The van der Waals surface area contributed by atoms with Crippen molar-refractivity contribution in [2.45, 2.75) is 50.7 Å². The van der Waals surface area contributed by atoms with Gasteiger partial charge in [0.1, 0.15) is 0 Å². The van der Waals surface area contributed by atoms with E-state index in [4.69, 9.17) is 20.9 Å². The lowest BCUT2D eigenvalue weighted by molar-refractivity contribution is -0.248. The summed E-state index contributed by atoms with van der Waals surface area (Å²) in [6, 6.07) is 0. The molecule has 0 radical (unpaired) electrons. The third kappa shape index (κ3) is 2.00. The summed E-state index contributed by atoms with van der Waals surface area (Å²) in [7, 11) is 0. The smallest absolute Gasteiger partial charge is 0.289 e. The van der Waals surface area contributed by atoms with Crippen LogP contribution in [0.4, 0.5) is 0 Å². The molecule has 4 N–H and O–H groups in total. The van der Waals surface area contributed by atoms with Crippen molar-refractivity contribution in [1.82, 2.24) is 0 Å². The van der Waals surface area contributed by atoms with Crippen LogP contribution < -0.4 is 11.5 Å². The van der Waals surface area contributed by atoms with Gasteiger partial charge in [-0.2, -0.15) is 0 Å². The summed E-state index contributed by atoms with van der Waals surface area (Å²) < 4.78 is 11.9. The van der Waals surface area contributed by atoms with E-state index in [2.05, 4.69) is 0 Å². The molecule has 0 aromatic rings. The van der Waals surface area contributed by atoms with E-state index in [1.165, 1.54) is 0 Å². The SMILES string of the molecule is NC(=O)C(=O)C1=C(N)[C@]2(CCCCC23OCCO3)CCC1. The number of hydrogen-bond acceptors (Lipinski definition) is 5. The zero-order chi connectivity index (χ0) is 15.1. The Morgan fingerprint density at radius 1 is 1.00 bits per heavy atom. The van der Waals surface area contributed by atoms with Gasteiger partial charge in [-0.25, -0.2) is 0 Å². The molecular weight excluding hydrogens is 272 g/mol. The predicted molar refractivity (Wildman–Crippen MR) is 74.8 cm³/mol. The topological polar surface area (TPSA) is 105 Å². The lowest BCUT2D eigenvalue weighted by atomic mass is 9.61. The largest absolute Gasteiger partial charge is 0.401 e. The van der Waals surface area contributed by atoms with Gasteiger partial charge in [0.2, 0.25) is 5.78 Å². The first kappa shape index (κ1) is 14.5. The molecule has 1 aliphatic heterocycles. The van der Waals surface area contributed by atoms with Crippen LogP contribution in [0.15, 0.2) is 11.3 Å². The molecular formula is C15H22N2O4. The lowest BCUT2D eigenvalue weighted by Gasteiger charge is -2.52. The fraction of sp³-hybridized carbons (Fsp3) is 0.733. The van der Waals surface area contributed by atoms with Crippen LogP contribution in [0.5, 0.6) is 0 Å². The molecule has 2 aliphatic carbocycles. The van der Waals surface area contributed by atoms with Crippen molar-refractivity contribution in [3.8, 4) is 0 Å². The first-order chi connectivity index (χ1) is 10.0. The molecule has 6 nitrogen and oxygen atoms in total. The van der Waals surface area contributed by atoms with E-state index in [0.29, 0.717) is 30.9 Å². The van der Waals surface area contributed by atoms with Crippen LogP contribution in [-0.4, -0.2) is 30.7 Å². The second-order valence-corrected chi connectivity index (χ2v) is 6.18. The number of Topliss-reactive ketones (excluding diaryl/α,β-unsaturated/α-hetero) is 1. The molecule has 6 heteroatoms. The quantitative estimate of drug-likeness (QED) is 0.731. The summed E-state index contributed by atoms with van der Waals surface area (Å²) in [6.07, 6.45) is 5.78. The van der Waals surface area contributed by atoms with Crippen LogP contribution in [0, 0.1) is 5.41 Å². The summed E-state index contributed by atoms with van der Waals surface area (Å²) in [5, 5.41) is 0. The number of nitrogens with two attached hydrogens (primary N) is 2. The summed E-state index contributed by atoms with van der Waals surface area (Å²) in [4.78, 5) is 23.3. The second-order valence-electron chi connectivity index (χ2n) is 6.18. The van der Waals surface area contributed by atoms with Crippen LogP contribution in [0.25, 0.3) is 0 Å². The molecule has 116 valence electrons. The van der Waals surface area contributed by atoms with Crippen LogP contribution in [-0.2, 0) is 19.1 Å². The molecule has 1 atom stereocenters. The Balaban J connectivity index is 2.07. The third-order valence-corrected chi connectivity index (χ3v) is 5.21. The molecule has 1 heterocycles. The molecule has 1 saturated carbocycles. The Morgan fingerprint density at radius 3 is 2.29 bits per heavy atom. The van der Waals surface area contributed by atoms with E-state index in [1.54, 1.807) is 0 Å². The Bertz CT molecular complexity index is 508. The van der Waals surface area contributed by atoms with Gasteiger partial charge in [-0.1, -0.05) is 6.42 Å². The number of ketones is 1. The molecule has 0 aromatic heterocycles. The molecule has 21 heavy (non-hydrogen) atoms. The molecule has 3 rings (SSSR count). The number of carbonyl (C=O) groups excluding carboxylic acids is 2. The highest BCUT2D eigenvalue weighted by Crippen LogP contribution is 2.57. The predicted octanol–water partition coefficient (Wildman–Crippen LogP) is 0.741. The molecule has 1 saturated heterocycles. The zero-order valence-electron chi connectivity index (χ0n) is 12.2. The minimum atomic E-state index is -0.942. The minimum Gasteiger partial charge on any atom is -0.401 e. The normalized spacial score (nSPS) is 31.8. The molecule has 2 fully saturated rings. The molecule has 0 aromatic carbocycles. The van der Waals surface area contributed by atoms with Crippen LogP contribution >= 0.6 is 0 Å². The molecule has 3 aliphatic rings. The maximum Gasteiger partial charge on any atom is 0.289 e. The number of ether oxygens (including phenoxy) is 2. The van der Waals surface area contributed by atoms with Crippen molar-refractivity contribution in [2.24, 2.45) is 16.9 Å². The van der Waals surface area contributed by atoms with Crippen molar-refractivity contribution in [1.29, 1.82) is 0 Å². The van der Waals surface area contributed by atoms with Crippen LogP contribution in [0.1, 0.15) is 44.9 Å². The van der Waals surface area contributed by atoms with Gasteiger partial charge in [0.15, 0.2) is 5.79 Å². The van der Waals surface area contributed by atoms with Crippen molar-refractivity contribution in [3.05, 3.63) is 11.3 Å². The zero-order valence-corrected chi connectivity index (χ0v) is 12.2. The number of primary amides is 1. The van der Waals surface area contributed by atoms with Gasteiger partial charge < -0.3 is 20.9 Å². The van der Waals surface area contributed by atoms with Gasteiger partial charge in [-0.05, 0) is 32.1 Å². The minimum absolute atomic E-state index is 0.370. The van der Waals surface area contributed by atoms with E-state index in [1.807, 2.05) is 0 Å². The fourth-order valence-corrected chi connectivity index (χ4v) is 4.25. The van der Waals surface area contributed by atoms with Gasteiger partial charge in [0, 0.05) is 17.7 Å². The highest BCUT2D eigenvalue weighted by Gasteiger charge is 2.59. The average molecular weight is 294 g/mol. The van der Waals surface area contributed by atoms with E-state index in [9.17, 15) is 9.59 Å². The monoisotopic (exact) mass is 294 g/mol. The number of carbonyl (C=O) groups is 2. The van der Waals surface area contributed by atoms with Crippen LogP contribution in [0.2, 0.25) is 0 Å². The van der Waals surface area contributed by atoms with Crippen LogP contribution in [0.3, 0.4) is 0 Å². The lowest BCUT2D eigenvalue weighted by Crippen LogP contribution is -2.56. The summed E-state index contributed by atoms with van der Waals surface area (Å²) >= 11 is 0. The van der Waals surface area contributed by atoms with Crippen molar-refractivity contribution in [3.63, 3.8) is 0 Å². The van der Waals surface area contributed by atoms with E-state index >= 15 is 0 Å². The van der Waals surface area contributed by atoms with Gasteiger partial charge in [0.05, 0.1) is 18.6 Å². The highest BCUT2D eigenvalue weighted by molar-refractivity contribution is 6.42. The van der Waals surface area contributed by atoms with Gasteiger partial charge in [-0.3, -0.25) is 9.59 Å². The average Bonchev–Trinajstić information content (AvgIpc) is 2.94. The number of hydrogen-bond donors (Lipinski definition) is 2. The number of amides is 1. The second kappa shape index (κ2) is 5.10. The summed E-state index contributed by atoms with van der Waals surface area (Å²) in [5.41, 5.74) is 11.9. The highest BCUT2D eigenvalue weighted by atomic mass is 16.7. The summed E-state index contributed by atoms with van der Waals surface area (Å²) in [6.45, 7) is 1.10. The fourth-order valence-electron chi connectivity index (χ4n) is 4.25. The van der Waals surface area contributed by atoms with E-state index in [-0.39, 0.29) is 0 Å². The van der Waals surface area contributed by atoms with Gasteiger partial charge in [-0.15, -0.1) is 0 Å². The maximum absolute atomic E-state index is 12.0. The van der Waals surface area contributed by atoms with E-state index in [0.717, 1.165) is 38.5 Å². The Labute approximate surface area is 123 Å². The van der Waals surface area contributed by atoms with E-state index < -0.39 is 22.9 Å². The molecule has 1 amide bonds. The Hall–Kier alpha value is -1.40. The number of fused-ring (bicyclic) bond motifs is 1. The van der Waals surface area contributed by atoms with Crippen molar-refractivity contribution < 1.29 is 19.1 Å². The standard InChI is InChI=1S/C15H22N2O4/c16-12-10(11(18)13(17)19)4-3-6-14(12)5-1-2-7-15(14)20-8-9-21-15/h1-9,16H2,(H2,17,19)/t14-/m0/s1. The Morgan fingerprint density at radius 2 is 1.62 bits per heavy atom.